The van der Waals surface area contributed by atoms with E-state index >= 15 is 0 Å². The summed E-state index contributed by atoms with van der Waals surface area (Å²) >= 11 is 0. The summed E-state index contributed by atoms with van der Waals surface area (Å²) in [4.78, 5) is 24.8. The highest BCUT2D eigenvalue weighted by Gasteiger charge is 2.22. The summed E-state index contributed by atoms with van der Waals surface area (Å²) in [5, 5.41) is 3.13. The van der Waals surface area contributed by atoms with Crippen molar-refractivity contribution < 1.29 is 4.79 Å². The second-order valence-corrected chi connectivity index (χ2v) is 7.16. The fourth-order valence-electron chi connectivity index (χ4n) is 3.97. The van der Waals surface area contributed by atoms with Gasteiger partial charge in [0.2, 0.25) is 0 Å². The Morgan fingerprint density at radius 1 is 0.964 bits per heavy atom. The fourth-order valence-corrected chi connectivity index (χ4v) is 3.97. The van der Waals surface area contributed by atoms with E-state index in [2.05, 4.69) is 35.1 Å². The van der Waals surface area contributed by atoms with Crippen LogP contribution in [0.1, 0.15) is 48.3 Å². The van der Waals surface area contributed by atoms with Crippen molar-refractivity contribution in [3.05, 3.63) is 59.3 Å². The van der Waals surface area contributed by atoms with Gasteiger partial charge in [-0.3, -0.25) is 4.79 Å². The Kier molecular flexibility index (Phi) is 5.24. The summed E-state index contributed by atoms with van der Waals surface area (Å²) in [6.45, 7) is 5.67. The van der Waals surface area contributed by atoms with E-state index in [9.17, 15) is 4.79 Å². The number of aryl methyl sites for hydroxylation is 1. The molecule has 0 saturated heterocycles. The van der Waals surface area contributed by atoms with E-state index < -0.39 is 0 Å². The normalized spacial score (nSPS) is 13.2. The lowest BCUT2D eigenvalue weighted by atomic mass is 9.90. The van der Waals surface area contributed by atoms with Crippen LogP contribution in [0.4, 0.5) is 11.5 Å². The lowest BCUT2D eigenvalue weighted by molar-refractivity contribution is 0.102. The number of nitrogens with one attached hydrogen (secondary N) is 1. The van der Waals surface area contributed by atoms with Crippen molar-refractivity contribution in [3.8, 4) is 0 Å². The molecule has 3 aromatic rings. The van der Waals surface area contributed by atoms with Crippen LogP contribution in [0.2, 0.25) is 0 Å². The van der Waals surface area contributed by atoms with Gasteiger partial charge >= 0.3 is 0 Å². The molecule has 5 heteroatoms. The van der Waals surface area contributed by atoms with E-state index in [1.807, 2.05) is 36.4 Å². The number of para-hydroxylation sites is 2. The Morgan fingerprint density at radius 2 is 1.68 bits per heavy atom. The third-order valence-electron chi connectivity index (χ3n) is 5.47. The molecule has 0 fully saturated rings. The monoisotopic (exact) mass is 374 g/mol. The Balaban J connectivity index is 1.75. The molecule has 0 bridgehead atoms. The molecule has 0 spiro atoms. The average molecular weight is 374 g/mol. The number of aromatic nitrogens is 2. The summed E-state index contributed by atoms with van der Waals surface area (Å²) in [7, 11) is 0. The molecule has 0 radical (unpaired) electrons. The van der Waals surface area contributed by atoms with E-state index in [0.29, 0.717) is 11.5 Å². The quantitative estimate of drug-likeness (QED) is 0.709. The third-order valence-corrected chi connectivity index (χ3v) is 5.47. The van der Waals surface area contributed by atoms with Crippen LogP contribution in [0.25, 0.3) is 11.0 Å². The summed E-state index contributed by atoms with van der Waals surface area (Å²) < 4.78 is 0. The number of amides is 1. The summed E-state index contributed by atoms with van der Waals surface area (Å²) in [6.07, 6.45) is 4.48. The third kappa shape index (κ3) is 3.44. The van der Waals surface area contributed by atoms with Gasteiger partial charge in [0.15, 0.2) is 11.5 Å². The molecule has 1 heterocycles. The molecule has 0 aliphatic heterocycles. The zero-order valence-corrected chi connectivity index (χ0v) is 16.5. The zero-order chi connectivity index (χ0) is 19.5. The molecule has 144 valence electrons. The van der Waals surface area contributed by atoms with Crippen LogP contribution in [-0.4, -0.2) is 29.0 Å². The summed E-state index contributed by atoms with van der Waals surface area (Å²) in [5.74, 6) is 0.449. The van der Waals surface area contributed by atoms with Crippen molar-refractivity contribution in [2.45, 2.75) is 39.5 Å². The number of benzene rings is 2. The lowest BCUT2D eigenvalue weighted by Crippen LogP contribution is -2.28. The molecule has 1 aliphatic carbocycles. The topological polar surface area (TPSA) is 58.1 Å². The number of carbonyl (C=O) groups excluding carboxylic acids is 1. The van der Waals surface area contributed by atoms with Crippen molar-refractivity contribution >= 4 is 28.4 Å². The first-order valence-corrected chi connectivity index (χ1v) is 10.1. The van der Waals surface area contributed by atoms with E-state index in [4.69, 9.17) is 4.98 Å². The summed E-state index contributed by atoms with van der Waals surface area (Å²) in [6, 6.07) is 13.9. The Hall–Kier alpha value is -2.95. The van der Waals surface area contributed by atoms with Crippen LogP contribution < -0.4 is 10.2 Å². The van der Waals surface area contributed by atoms with Crippen LogP contribution in [0, 0.1) is 0 Å². The summed E-state index contributed by atoms with van der Waals surface area (Å²) in [5.41, 5.74) is 5.44. The van der Waals surface area contributed by atoms with Crippen molar-refractivity contribution in [1.82, 2.24) is 9.97 Å². The van der Waals surface area contributed by atoms with E-state index in [1.165, 1.54) is 24.0 Å². The predicted octanol–water partition coefficient (Wildman–Crippen LogP) is 4.61. The van der Waals surface area contributed by atoms with Crippen molar-refractivity contribution in [2.24, 2.45) is 0 Å². The molecule has 1 N–H and O–H groups in total. The van der Waals surface area contributed by atoms with E-state index in [1.54, 1.807) is 0 Å². The molecule has 0 atom stereocenters. The van der Waals surface area contributed by atoms with Gasteiger partial charge in [-0.05, 0) is 68.9 Å². The van der Waals surface area contributed by atoms with Crippen molar-refractivity contribution in [2.75, 3.05) is 23.3 Å². The minimum absolute atomic E-state index is 0.195. The molecule has 28 heavy (non-hydrogen) atoms. The van der Waals surface area contributed by atoms with Crippen LogP contribution in [0.15, 0.2) is 42.5 Å². The second kappa shape index (κ2) is 7.97. The first-order chi connectivity index (χ1) is 13.7. The molecule has 1 aromatic heterocycles. The van der Waals surface area contributed by atoms with Gasteiger partial charge in [0.05, 0.1) is 11.0 Å². The van der Waals surface area contributed by atoms with Crippen LogP contribution in [0.5, 0.6) is 0 Å². The average Bonchev–Trinajstić information content (AvgIpc) is 2.74. The molecule has 1 amide bonds. The van der Waals surface area contributed by atoms with Crippen molar-refractivity contribution in [3.63, 3.8) is 0 Å². The number of carbonyl (C=O) groups is 1. The van der Waals surface area contributed by atoms with Crippen LogP contribution in [0.3, 0.4) is 0 Å². The number of hydrogen-bond acceptors (Lipinski definition) is 4. The molecule has 0 saturated carbocycles. The number of anilines is 2. The standard InChI is InChI=1S/C23H26N4O/c1-3-27(4-2)22-21(24-19-13-7-8-14-20(19)25-22)23(28)26-18-15-9-11-16-10-5-6-12-17(16)18/h7-9,11,13-15H,3-6,10,12H2,1-2H3,(H,26,28). The highest BCUT2D eigenvalue weighted by Crippen LogP contribution is 2.29. The highest BCUT2D eigenvalue weighted by molar-refractivity contribution is 6.07. The minimum atomic E-state index is -0.195. The Bertz CT molecular complexity index is 1010. The largest absolute Gasteiger partial charge is 0.355 e. The second-order valence-electron chi connectivity index (χ2n) is 7.16. The SMILES string of the molecule is CCN(CC)c1nc2ccccc2nc1C(=O)Nc1cccc2c1CCCC2. The molecule has 4 rings (SSSR count). The van der Waals surface area contributed by atoms with Gasteiger partial charge in [-0.2, -0.15) is 0 Å². The van der Waals surface area contributed by atoms with Gasteiger partial charge in [0, 0.05) is 18.8 Å². The first-order valence-electron chi connectivity index (χ1n) is 10.1. The maximum Gasteiger partial charge on any atom is 0.278 e. The number of rotatable bonds is 5. The molecule has 5 nitrogen and oxygen atoms in total. The van der Waals surface area contributed by atoms with Gasteiger partial charge < -0.3 is 10.2 Å². The molecular weight excluding hydrogens is 348 g/mol. The molecule has 2 aromatic carbocycles. The number of fused-ring (bicyclic) bond motifs is 2. The van der Waals surface area contributed by atoms with Gasteiger partial charge in [-0.1, -0.05) is 24.3 Å². The maximum absolute atomic E-state index is 13.3. The van der Waals surface area contributed by atoms with E-state index in [-0.39, 0.29) is 5.91 Å². The van der Waals surface area contributed by atoms with Gasteiger partial charge in [-0.15, -0.1) is 0 Å². The Morgan fingerprint density at radius 3 is 2.43 bits per heavy atom. The molecular formula is C23H26N4O. The fraction of sp³-hybridized carbons (Fsp3) is 0.348. The van der Waals surface area contributed by atoms with Crippen LogP contribution in [-0.2, 0) is 12.8 Å². The molecule has 0 unspecified atom stereocenters. The number of nitrogens with zero attached hydrogens (tertiary/aromatic N) is 3. The zero-order valence-electron chi connectivity index (χ0n) is 16.5. The lowest BCUT2D eigenvalue weighted by Gasteiger charge is -2.23. The first kappa shape index (κ1) is 18.4. The predicted molar refractivity (Wildman–Crippen MR) is 114 cm³/mol. The van der Waals surface area contributed by atoms with Gasteiger partial charge in [0.1, 0.15) is 0 Å². The number of hydrogen-bond donors (Lipinski definition) is 1. The van der Waals surface area contributed by atoms with Crippen LogP contribution >= 0.6 is 0 Å². The smallest absolute Gasteiger partial charge is 0.278 e. The highest BCUT2D eigenvalue weighted by atomic mass is 16.1. The van der Waals surface area contributed by atoms with Gasteiger partial charge in [0.25, 0.3) is 5.91 Å². The Labute approximate surface area is 165 Å². The molecule has 1 aliphatic rings. The van der Waals surface area contributed by atoms with E-state index in [0.717, 1.165) is 42.7 Å². The maximum atomic E-state index is 13.3. The van der Waals surface area contributed by atoms with Crippen molar-refractivity contribution in [1.29, 1.82) is 0 Å². The van der Waals surface area contributed by atoms with Gasteiger partial charge in [-0.25, -0.2) is 9.97 Å². The minimum Gasteiger partial charge on any atom is -0.355 e.